The maximum atomic E-state index is 13.0. The summed E-state index contributed by atoms with van der Waals surface area (Å²) in [5.41, 5.74) is 3.73. The Morgan fingerprint density at radius 1 is 1.03 bits per heavy atom. The van der Waals surface area contributed by atoms with E-state index in [-0.39, 0.29) is 11.8 Å². The van der Waals surface area contributed by atoms with Gasteiger partial charge in [0, 0.05) is 19.5 Å². The highest BCUT2D eigenvalue weighted by atomic mass is 16.4. The van der Waals surface area contributed by atoms with Gasteiger partial charge in [0.05, 0.1) is 23.9 Å². The molecule has 2 heterocycles. The van der Waals surface area contributed by atoms with Crippen molar-refractivity contribution in [3.8, 4) is 0 Å². The average Bonchev–Trinajstić information content (AvgIpc) is 3.08. The maximum absolute atomic E-state index is 13.0. The van der Waals surface area contributed by atoms with Crippen molar-refractivity contribution in [2.24, 2.45) is 17.8 Å². The summed E-state index contributed by atoms with van der Waals surface area (Å²) in [6.07, 6.45) is 12.7. The SMILES string of the molecule is Cc1nn(CCC2CCCCC2)c2c1CCN(C(=O)CC1CCC(C(=O)O)CC1)C2. The molecule has 6 heteroatoms. The standard InChI is InChI=1S/C24H37N3O3/c1-17-21-12-13-26(23(28)15-19-7-9-20(10-8-19)24(29)30)16-22(21)27(25-17)14-11-18-5-3-2-4-6-18/h18-20H,2-16H2,1H3,(H,29,30). The molecule has 3 aliphatic rings. The number of nitrogens with zero attached hydrogens (tertiary/aromatic N) is 3. The number of aliphatic carboxylic acids is 1. The zero-order chi connectivity index (χ0) is 21.1. The first-order valence-electron chi connectivity index (χ1n) is 12.1. The Hall–Kier alpha value is -1.85. The van der Waals surface area contributed by atoms with E-state index in [4.69, 9.17) is 5.10 Å². The lowest BCUT2D eigenvalue weighted by molar-refractivity contribution is -0.143. The van der Waals surface area contributed by atoms with E-state index in [0.717, 1.165) is 44.0 Å². The van der Waals surface area contributed by atoms with Crippen LogP contribution in [0, 0.1) is 24.7 Å². The molecule has 2 saturated carbocycles. The third-order valence-electron chi connectivity index (χ3n) is 7.83. The highest BCUT2D eigenvalue weighted by Gasteiger charge is 2.31. The van der Waals surface area contributed by atoms with Crippen molar-refractivity contribution >= 4 is 11.9 Å². The molecule has 1 aliphatic heterocycles. The lowest BCUT2D eigenvalue weighted by Gasteiger charge is -2.31. The van der Waals surface area contributed by atoms with Crippen molar-refractivity contribution in [1.29, 1.82) is 0 Å². The minimum Gasteiger partial charge on any atom is -0.481 e. The lowest BCUT2D eigenvalue weighted by atomic mass is 9.80. The maximum Gasteiger partial charge on any atom is 0.306 e. The van der Waals surface area contributed by atoms with E-state index in [0.29, 0.717) is 31.7 Å². The summed E-state index contributed by atoms with van der Waals surface area (Å²) in [7, 11) is 0. The van der Waals surface area contributed by atoms with Crippen molar-refractivity contribution in [1.82, 2.24) is 14.7 Å². The minimum atomic E-state index is -0.680. The van der Waals surface area contributed by atoms with E-state index >= 15 is 0 Å². The zero-order valence-corrected chi connectivity index (χ0v) is 18.4. The van der Waals surface area contributed by atoms with Gasteiger partial charge in [0.25, 0.3) is 0 Å². The number of aryl methyl sites for hydroxylation is 2. The largest absolute Gasteiger partial charge is 0.481 e. The van der Waals surface area contributed by atoms with Crippen LogP contribution >= 0.6 is 0 Å². The van der Waals surface area contributed by atoms with Crippen molar-refractivity contribution in [2.75, 3.05) is 6.54 Å². The van der Waals surface area contributed by atoms with Crippen LogP contribution in [0.25, 0.3) is 0 Å². The van der Waals surface area contributed by atoms with Crippen molar-refractivity contribution in [3.05, 3.63) is 17.0 Å². The van der Waals surface area contributed by atoms with Crippen LogP contribution in [-0.2, 0) is 29.1 Å². The van der Waals surface area contributed by atoms with Crippen LogP contribution in [0.3, 0.4) is 0 Å². The van der Waals surface area contributed by atoms with Gasteiger partial charge in [0.1, 0.15) is 0 Å². The summed E-state index contributed by atoms with van der Waals surface area (Å²) in [6, 6.07) is 0. The van der Waals surface area contributed by atoms with Crippen LogP contribution in [0.1, 0.15) is 87.6 Å². The summed E-state index contributed by atoms with van der Waals surface area (Å²) in [4.78, 5) is 26.2. The van der Waals surface area contributed by atoms with Crippen molar-refractivity contribution < 1.29 is 14.7 Å². The van der Waals surface area contributed by atoms with Crippen LogP contribution < -0.4 is 0 Å². The van der Waals surface area contributed by atoms with Gasteiger partial charge in [-0.1, -0.05) is 32.1 Å². The number of aromatic nitrogens is 2. The molecule has 0 aromatic carbocycles. The molecule has 6 nitrogen and oxygen atoms in total. The second-order valence-corrected chi connectivity index (χ2v) is 9.85. The normalized spacial score (nSPS) is 25.2. The van der Waals surface area contributed by atoms with E-state index in [1.807, 2.05) is 4.90 Å². The predicted molar refractivity (Wildman–Crippen MR) is 115 cm³/mol. The topological polar surface area (TPSA) is 75.4 Å². The number of carboxylic acid groups (broad SMARTS) is 1. The zero-order valence-electron chi connectivity index (χ0n) is 18.4. The third-order valence-corrected chi connectivity index (χ3v) is 7.83. The van der Waals surface area contributed by atoms with E-state index in [9.17, 15) is 14.7 Å². The third kappa shape index (κ3) is 4.89. The number of carbonyl (C=O) groups excluding carboxylic acids is 1. The fraction of sp³-hybridized carbons (Fsp3) is 0.792. The number of carboxylic acids is 1. The molecule has 1 aromatic heterocycles. The van der Waals surface area contributed by atoms with E-state index in [1.54, 1.807) is 0 Å². The number of hydrogen-bond acceptors (Lipinski definition) is 3. The lowest BCUT2D eigenvalue weighted by Crippen LogP contribution is -2.38. The molecule has 166 valence electrons. The summed E-state index contributed by atoms with van der Waals surface area (Å²) >= 11 is 0. The molecule has 1 amide bonds. The smallest absolute Gasteiger partial charge is 0.306 e. The number of rotatable bonds is 6. The van der Waals surface area contributed by atoms with Gasteiger partial charge >= 0.3 is 5.97 Å². The van der Waals surface area contributed by atoms with Gasteiger partial charge in [-0.05, 0) is 62.8 Å². The van der Waals surface area contributed by atoms with E-state index < -0.39 is 5.97 Å². The second kappa shape index (κ2) is 9.52. The number of amides is 1. The first-order valence-corrected chi connectivity index (χ1v) is 12.1. The molecule has 0 atom stereocenters. The van der Waals surface area contributed by atoms with Gasteiger partial charge < -0.3 is 10.0 Å². The van der Waals surface area contributed by atoms with Crippen LogP contribution in [0.2, 0.25) is 0 Å². The molecule has 2 fully saturated rings. The van der Waals surface area contributed by atoms with Gasteiger partial charge in [-0.2, -0.15) is 5.10 Å². The average molecular weight is 416 g/mol. The minimum absolute atomic E-state index is 0.213. The Morgan fingerprint density at radius 3 is 2.47 bits per heavy atom. The molecular weight excluding hydrogens is 378 g/mol. The molecule has 0 bridgehead atoms. The van der Waals surface area contributed by atoms with Crippen LogP contribution in [-0.4, -0.2) is 38.2 Å². The quantitative estimate of drug-likeness (QED) is 0.750. The highest BCUT2D eigenvalue weighted by Crippen LogP contribution is 2.32. The van der Waals surface area contributed by atoms with Crippen molar-refractivity contribution in [2.45, 2.75) is 97.1 Å². The first kappa shape index (κ1) is 21.4. The molecule has 0 spiro atoms. The first-order chi connectivity index (χ1) is 14.5. The van der Waals surface area contributed by atoms with E-state index in [2.05, 4.69) is 11.6 Å². The number of carbonyl (C=O) groups is 2. The van der Waals surface area contributed by atoms with E-state index in [1.165, 1.54) is 49.8 Å². The van der Waals surface area contributed by atoms with Gasteiger partial charge in [-0.25, -0.2) is 0 Å². The van der Waals surface area contributed by atoms with Crippen LogP contribution in [0.5, 0.6) is 0 Å². The molecule has 1 aromatic rings. The van der Waals surface area contributed by atoms with Gasteiger partial charge in [-0.15, -0.1) is 0 Å². The Balaban J connectivity index is 1.33. The molecular formula is C24H37N3O3. The fourth-order valence-corrected chi connectivity index (χ4v) is 5.84. The molecule has 4 rings (SSSR count). The second-order valence-electron chi connectivity index (χ2n) is 9.85. The van der Waals surface area contributed by atoms with Crippen LogP contribution in [0.4, 0.5) is 0 Å². The molecule has 30 heavy (non-hydrogen) atoms. The Kier molecular flexibility index (Phi) is 6.79. The van der Waals surface area contributed by atoms with Crippen LogP contribution in [0.15, 0.2) is 0 Å². The molecule has 0 unspecified atom stereocenters. The summed E-state index contributed by atoms with van der Waals surface area (Å²) in [6.45, 7) is 4.55. The molecule has 1 N–H and O–H groups in total. The summed E-state index contributed by atoms with van der Waals surface area (Å²) in [5, 5.41) is 14.0. The van der Waals surface area contributed by atoms with Crippen molar-refractivity contribution in [3.63, 3.8) is 0 Å². The molecule has 0 saturated heterocycles. The Labute approximate surface area is 180 Å². The Bertz CT molecular complexity index is 758. The predicted octanol–water partition coefficient (Wildman–Crippen LogP) is 4.33. The summed E-state index contributed by atoms with van der Waals surface area (Å²) in [5.74, 6) is 0.515. The van der Waals surface area contributed by atoms with Gasteiger partial charge in [0.15, 0.2) is 0 Å². The van der Waals surface area contributed by atoms with Gasteiger partial charge in [0.2, 0.25) is 5.91 Å². The number of hydrogen-bond donors (Lipinski definition) is 1. The molecule has 0 radical (unpaired) electrons. The highest BCUT2D eigenvalue weighted by molar-refractivity contribution is 5.77. The number of fused-ring (bicyclic) bond motifs is 1. The summed E-state index contributed by atoms with van der Waals surface area (Å²) < 4.78 is 2.19. The van der Waals surface area contributed by atoms with Gasteiger partial charge in [-0.3, -0.25) is 14.3 Å². The molecule has 2 aliphatic carbocycles. The monoisotopic (exact) mass is 415 g/mol. The fourth-order valence-electron chi connectivity index (χ4n) is 5.84. The Morgan fingerprint density at radius 2 is 1.77 bits per heavy atom.